The summed E-state index contributed by atoms with van der Waals surface area (Å²) in [5, 5.41) is 3.00. The standard InChI is InChI=1S/C18H26N4O2S/c1-2-20-9-11-21(12-10-20)16-5-3-15(4-6-16)19-17(23)7-8-22-13-14-25-18(22)24/h3-6H,2,7-14H2,1H3,(H,19,23). The third-order valence-electron chi connectivity index (χ3n) is 4.79. The van der Waals surface area contributed by atoms with Crippen molar-refractivity contribution in [3.63, 3.8) is 0 Å². The van der Waals surface area contributed by atoms with Crippen LogP contribution in [-0.2, 0) is 4.79 Å². The third kappa shape index (κ3) is 4.89. The fourth-order valence-electron chi connectivity index (χ4n) is 3.17. The number of nitrogens with zero attached hydrogens (tertiary/aromatic N) is 3. The number of rotatable bonds is 6. The van der Waals surface area contributed by atoms with Crippen LogP contribution < -0.4 is 10.2 Å². The number of benzene rings is 1. The van der Waals surface area contributed by atoms with E-state index in [0.717, 1.165) is 50.7 Å². The molecule has 3 rings (SSSR count). The molecule has 7 heteroatoms. The van der Waals surface area contributed by atoms with Crippen molar-refractivity contribution < 1.29 is 9.59 Å². The van der Waals surface area contributed by atoms with Crippen LogP contribution in [0.15, 0.2) is 24.3 Å². The van der Waals surface area contributed by atoms with E-state index in [0.29, 0.717) is 13.0 Å². The van der Waals surface area contributed by atoms with E-state index in [1.54, 1.807) is 4.90 Å². The second-order valence-electron chi connectivity index (χ2n) is 6.37. The molecule has 2 aliphatic rings. The summed E-state index contributed by atoms with van der Waals surface area (Å²) in [4.78, 5) is 30.2. The molecule has 0 unspecified atom stereocenters. The highest BCUT2D eigenvalue weighted by atomic mass is 32.2. The number of likely N-dealkylation sites (N-methyl/N-ethyl adjacent to an activating group) is 1. The van der Waals surface area contributed by atoms with Crippen LogP contribution in [0.2, 0.25) is 0 Å². The van der Waals surface area contributed by atoms with Gasteiger partial charge < -0.3 is 20.0 Å². The molecule has 6 nitrogen and oxygen atoms in total. The third-order valence-corrected chi connectivity index (χ3v) is 5.68. The van der Waals surface area contributed by atoms with Crippen LogP contribution in [0.25, 0.3) is 0 Å². The number of anilines is 2. The largest absolute Gasteiger partial charge is 0.369 e. The van der Waals surface area contributed by atoms with Crippen LogP contribution in [0.1, 0.15) is 13.3 Å². The Morgan fingerprint density at radius 1 is 1.12 bits per heavy atom. The van der Waals surface area contributed by atoms with Crippen LogP contribution in [0.4, 0.5) is 16.2 Å². The van der Waals surface area contributed by atoms with Gasteiger partial charge in [-0.25, -0.2) is 0 Å². The van der Waals surface area contributed by atoms with Gasteiger partial charge in [-0.1, -0.05) is 18.7 Å². The molecule has 25 heavy (non-hydrogen) atoms. The summed E-state index contributed by atoms with van der Waals surface area (Å²) in [7, 11) is 0. The Morgan fingerprint density at radius 3 is 2.44 bits per heavy atom. The summed E-state index contributed by atoms with van der Waals surface area (Å²) in [6.07, 6.45) is 0.340. The molecule has 2 fully saturated rings. The Hall–Kier alpha value is -1.73. The zero-order valence-corrected chi connectivity index (χ0v) is 15.6. The molecule has 2 amide bonds. The quantitative estimate of drug-likeness (QED) is 0.842. The van der Waals surface area contributed by atoms with Crippen molar-refractivity contribution in [2.24, 2.45) is 0 Å². The minimum absolute atomic E-state index is 0.0472. The van der Waals surface area contributed by atoms with Gasteiger partial charge in [0.15, 0.2) is 0 Å². The van der Waals surface area contributed by atoms with Gasteiger partial charge in [0.2, 0.25) is 5.91 Å². The van der Waals surface area contributed by atoms with Crippen molar-refractivity contribution in [2.45, 2.75) is 13.3 Å². The number of amides is 2. The molecule has 0 atom stereocenters. The van der Waals surface area contributed by atoms with Gasteiger partial charge in [0.25, 0.3) is 5.24 Å². The number of piperazine rings is 1. The molecule has 1 N–H and O–H groups in total. The Labute approximate surface area is 153 Å². The molecule has 2 saturated heterocycles. The summed E-state index contributed by atoms with van der Waals surface area (Å²) >= 11 is 1.33. The average molecular weight is 362 g/mol. The lowest BCUT2D eigenvalue weighted by atomic mass is 10.2. The molecule has 0 aliphatic carbocycles. The number of thioether (sulfide) groups is 1. The second-order valence-corrected chi connectivity index (χ2v) is 7.41. The van der Waals surface area contributed by atoms with Crippen LogP contribution in [-0.4, -0.2) is 72.5 Å². The summed E-state index contributed by atoms with van der Waals surface area (Å²) in [6, 6.07) is 8.04. The fraction of sp³-hybridized carbons (Fsp3) is 0.556. The molecule has 1 aromatic carbocycles. The number of carbonyl (C=O) groups is 2. The molecule has 0 bridgehead atoms. The summed E-state index contributed by atoms with van der Waals surface area (Å²) in [5.74, 6) is 0.781. The van der Waals surface area contributed by atoms with Gasteiger partial charge in [0.05, 0.1) is 0 Å². The fourth-order valence-corrected chi connectivity index (χ4v) is 4.02. The molecular formula is C18H26N4O2S. The SMILES string of the molecule is CCN1CCN(c2ccc(NC(=O)CCN3CCSC3=O)cc2)CC1. The topological polar surface area (TPSA) is 55.9 Å². The smallest absolute Gasteiger partial charge is 0.281 e. The van der Waals surface area contributed by atoms with E-state index in [-0.39, 0.29) is 11.1 Å². The maximum absolute atomic E-state index is 12.1. The summed E-state index contributed by atoms with van der Waals surface area (Å²) in [6.45, 7) is 8.84. The van der Waals surface area contributed by atoms with Crippen molar-refractivity contribution >= 4 is 34.3 Å². The predicted molar refractivity (Wildman–Crippen MR) is 103 cm³/mol. The van der Waals surface area contributed by atoms with Gasteiger partial charge in [-0.2, -0.15) is 0 Å². The molecule has 0 saturated carbocycles. The minimum atomic E-state index is -0.0472. The zero-order chi connectivity index (χ0) is 17.6. The predicted octanol–water partition coefficient (Wildman–Crippen LogP) is 2.33. The highest BCUT2D eigenvalue weighted by Crippen LogP contribution is 2.20. The Morgan fingerprint density at radius 2 is 1.84 bits per heavy atom. The first kappa shape index (κ1) is 18.1. The lowest BCUT2D eigenvalue weighted by molar-refractivity contribution is -0.116. The van der Waals surface area contributed by atoms with E-state index in [4.69, 9.17) is 0 Å². The summed E-state index contributed by atoms with van der Waals surface area (Å²) in [5.41, 5.74) is 2.01. The average Bonchev–Trinajstić information content (AvgIpc) is 3.06. The van der Waals surface area contributed by atoms with Crippen molar-refractivity contribution in [3.8, 4) is 0 Å². The van der Waals surface area contributed by atoms with Gasteiger partial charge in [0.1, 0.15) is 0 Å². The minimum Gasteiger partial charge on any atom is -0.369 e. The van der Waals surface area contributed by atoms with E-state index < -0.39 is 0 Å². The summed E-state index contributed by atoms with van der Waals surface area (Å²) < 4.78 is 0. The highest BCUT2D eigenvalue weighted by Gasteiger charge is 2.21. The van der Waals surface area contributed by atoms with Crippen LogP contribution in [0, 0.1) is 0 Å². The Kier molecular flexibility index (Phi) is 6.20. The lowest BCUT2D eigenvalue weighted by Crippen LogP contribution is -2.46. The maximum atomic E-state index is 12.1. The molecular weight excluding hydrogens is 336 g/mol. The first-order chi connectivity index (χ1) is 12.2. The molecule has 136 valence electrons. The number of carbonyl (C=O) groups excluding carboxylic acids is 2. The lowest BCUT2D eigenvalue weighted by Gasteiger charge is -2.35. The molecule has 2 heterocycles. The van der Waals surface area contributed by atoms with E-state index in [2.05, 4.69) is 34.2 Å². The van der Waals surface area contributed by atoms with E-state index in [1.165, 1.54) is 17.4 Å². The Bertz CT molecular complexity index is 600. The molecule has 1 aromatic rings. The number of hydrogen-bond acceptors (Lipinski definition) is 5. The number of nitrogens with one attached hydrogen (secondary N) is 1. The van der Waals surface area contributed by atoms with Crippen LogP contribution >= 0.6 is 11.8 Å². The first-order valence-corrected chi connectivity index (χ1v) is 9.93. The van der Waals surface area contributed by atoms with Crippen molar-refractivity contribution in [2.75, 3.05) is 61.8 Å². The molecule has 0 spiro atoms. The maximum Gasteiger partial charge on any atom is 0.281 e. The van der Waals surface area contributed by atoms with Gasteiger partial charge in [0, 0.05) is 62.8 Å². The normalized spacial score (nSPS) is 18.7. The van der Waals surface area contributed by atoms with Crippen molar-refractivity contribution in [1.82, 2.24) is 9.80 Å². The number of hydrogen-bond donors (Lipinski definition) is 1. The van der Waals surface area contributed by atoms with E-state index >= 15 is 0 Å². The Balaban J connectivity index is 1.45. The highest BCUT2D eigenvalue weighted by molar-refractivity contribution is 8.13. The molecule has 2 aliphatic heterocycles. The zero-order valence-electron chi connectivity index (χ0n) is 14.7. The van der Waals surface area contributed by atoms with Crippen molar-refractivity contribution in [1.29, 1.82) is 0 Å². The van der Waals surface area contributed by atoms with Gasteiger partial charge >= 0.3 is 0 Å². The van der Waals surface area contributed by atoms with Gasteiger partial charge in [-0.15, -0.1) is 0 Å². The van der Waals surface area contributed by atoms with Gasteiger partial charge in [-0.05, 0) is 30.8 Å². The van der Waals surface area contributed by atoms with Crippen LogP contribution in [0.5, 0.6) is 0 Å². The van der Waals surface area contributed by atoms with E-state index in [9.17, 15) is 9.59 Å². The van der Waals surface area contributed by atoms with E-state index in [1.807, 2.05) is 12.1 Å². The molecule has 0 radical (unpaired) electrons. The first-order valence-electron chi connectivity index (χ1n) is 8.94. The monoisotopic (exact) mass is 362 g/mol. The molecule has 0 aromatic heterocycles. The second kappa shape index (κ2) is 8.58. The van der Waals surface area contributed by atoms with Crippen LogP contribution in [0.3, 0.4) is 0 Å². The van der Waals surface area contributed by atoms with Gasteiger partial charge in [-0.3, -0.25) is 9.59 Å². The van der Waals surface area contributed by atoms with Crippen molar-refractivity contribution in [3.05, 3.63) is 24.3 Å².